The smallest absolute Gasteiger partial charge is 0.218 e. The highest BCUT2D eigenvalue weighted by atomic mass is 19.1. The molecule has 4 rings (SSSR count). The molecule has 0 fully saturated rings. The van der Waals surface area contributed by atoms with E-state index in [1.54, 1.807) is 30.7 Å². The first-order valence-electron chi connectivity index (χ1n) is 9.68. The fourth-order valence-corrected chi connectivity index (χ4v) is 2.95. The normalized spacial score (nSPS) is 11.2. The molecule has 2 aromatic heterocycles. The van der Waals surface area contributed by atoms with Crippen LogP contribution in [-0.4, -0.2) is 20.0 Å². The highest BCUT2D eigenvalue weighted by Crippen LogP contribution is 2.17. The first kappa shape index (κ1) is 19.6. The fraction of sp³-hybridized carbons (Fsp3) is 0.174. The van der Waals surface area contributed by atoms with Crippen molar-refractivity contribution in [3.8, 4) is 5.75 Å². The average Bonchev–Trinajstić information content (AvgIpc) is 3.44. The lowest BCUT2D eigenvalue weighted by Gasteiger charge is -2.07. The third-order valence-electron chi connectivity index (χ3n) is 4.47. The van der Waals surface area contributed by atoms with Gasteiger partial charge in [0.15, 0.2) is 0 Å². The topological polar surface area (TPSA) is 66.0 Å². The van der Waals surface area contributed by atoms with E-state index in [2.05, 4.69) is 21.4 Å². The maximum Gasteiger partial charge on any atom is 0.218 e. The van der Waals surface area contributed by atoms with Crippen molar-refractivity contribution in [3.05, 3.63) is 95.7 Å². The quantitative estimate of drug-likeness (QED) is 0.401. The summed E-state index contributed by atoms with van der Waals surface area (Å²) in [6.07, 6.45) is 10.6. The molecule has 0 N–H and O–H groups in total. The molecule has 0 saturated carbocycles. The van der Waals surface area contributed by atoms with Gasteiger partial charge in [0.1, 0.15) is 30.1 Å². The van der Waals surface area contributed by atoms with Gasteiger partial charge in [-0.25, -0.2) is 9.37 Å². The van der Waals surface area contributed by atoms with E-state index in [0.29, 0.717) is 18.2 Å². The molecule has 0 radical (unpaired) electrons. The molecule has 2 heterocycles. The summed E-state index contributed by atoms with van der Waals surface area (Å²) in [6.45, 7) is 1.15. The van der Waals surface area contributed by atoms with Gasteiger partial charge in [0.2, 0.25) is 5.89 Å². The number of aryl methyl sites for hydroxylation is 2. The average molecular weight is 404 g/mol. The highest BCUT2D eigenvalue weighted by molar-refractivity contribution is 5.65. The summed E-state index contributed by atoms with van der Waals surface area (Å²) in [7, 11) is 0. The van der Waals surface area contributed by atoms with Gasteiger partial charge in [0, 0.05) is 18.8 Å². The Morgan fingerprint density at radius 1 is 1.10 bits per heavy atom. The molecule has 0 aliphatic rings. The Bertz CT molecular complexity index is 1090. The first-order chi connectivity index (χ1) is 14.7. The fourth-order valence-electron chi connectivity index (χ4n) is 2.95. The second kappa shape index (κ2) is 9.65. The molecular formula is C23H21FN4O2. The summed E-state index contributed by atoms with van der Waals surface area (Å²) >= 11 is 0. The van der Waals surface area contributed by atoms with Crippen LogP contribution >= 0.6 is 0 Å². The molecule has 0 saturated heterocycles. The molecule has 7 heteroatoms. The number of nitrogens with zero attached hydrogens (tertiary/aromatic N) is 4. The number of ether oxygens (including phenoxy) is 1. The van der Waals surface area contributed by atoms with Crippen LogP contribution in [0.25, 0.3) is 12.2 Å². The molecule has 2 aromatic carbocycles. The first-order valence-corrected chi connectivity index (χ1v) is 9.68. The van der Waals surface area contributed by atoms with Crippen LogP contribution < -0.4 is 4.74 Å². The zero-order chi connectivity index (χ0) is 20.6. The third-order valence-corrected chi connectivity index (χ3v) is 4.47. The molecule has 152 valence electrons. The van der Waals surface area contributed by atoms with Crippen LogP contribution in [0.4, 0.5) is 4.39 Å². The maximum absolute atomic E-state index is 12.9. The minimum atomic E-state index is -0.262. The van der Waals surface area contributed by atoms with Crippen molar-refractivity contribution in [1.29, 1.82) is 0 Å². The number of benzene rings is 2. The van der Waals surface area contributed by atoms with Gasteiger partial charge in [-0.1, -0.05) is 29.5 Å². The Morgan fingerprint density at radius 2 is 2.00 bits per heavy atom. The number of aromatic nitrogens is 4. The largest absolute Gasteiger partial charge is 0.487 e. The minimum absolute atomic E-state index is 0.262. The van der Waals surface area contributed by atoms with Crippen LogP contribution in [0.3, 0.4) is 0 Å². The molecule has 0 bridgehead atoms. The van der Waals surface area contributed by atoms with Crippen LogP contribution in [0.1, 0.15) is 29.1 Å². The number of rotatable bonds is 9. The summed E-state index contributed by atoms with van der Waals surface area (Å²) < 4.78 is 26.1. The second-order valence-electron chi connectivity index (χ2n) is 6.77. The van der Waals surface area contributed by atoms with E-state index in [1.807, 2.05) is 35.2 Å². The molecule has 0 unspecified atom stereocenters. The van der Waals surface area contributed by atoms with Crippen LogP contribution in [0.2, 0.25) is 0 Å². The predicted molar refractivity (Wildman–Crippen MR) is 111 cm³/mol. The van der Waals surface area contributed by atoms with Crippen molar-refractivity contribution in [2.75, 3.05) is 0 Å². The van der Waals surface area contributed by atoms with E-state index in [0.717, 1.165) is 30.7 Å². The monoisotopic (exact) mass is 404 g/mol. The molecule has 4 aromatic rings. The highest BCUT2D eigenvalue weighted by Gasteiger charge is 2.04. The van der Waals surface area contributed by atoms with Crippen LogP contribution in [0, 0.1) is 5.82 Å². The number of oxazole rings is 1. The SMILES string of the molecule is Fc1ccc(C=Cc2nc(COc3cccc(CCCn4ccnn4)c3)co2)cc1. The summed E-state index contributed by atoms with van der Waals surface area (Å²) in [5, 5.41) is 7.78. The van der Waals surface area contributed by atoms with Crippen molar-refractivity contribution < 1.29 is 13.5 Å². The van der Waals surface area contributed by atoms with Gasteiger partial charge in [-0.05, 0) is 54.3 Å². The number of halogens is 1. The van der Waals surface area contributed by atoms with E-state index < -0.39 is 0 Å². The zero-order valence-electron chi connectivity index (χ0n) is 16.3. The van der Waals surface area contributed by atoms with Crippen molar-refractivity contribution in [2.24, 2.45) is 0 Å². The standard InChI is InChI=1S/C23H21FN4O2/c24-20-9-6-18(7-10-20)8-11-23-26-21(17-30-23)16-29-22-5-1-3-19(15-22)4-2-13-28-14-12-25-27-28/h1,3,5-12,14-15,17H,2,4,13,16H2. The summed E-state index contributed by atoms with van der Waals surface area (Å²) in [4.78, 5) is 4.39. The lowest BCUT2D eigenvalue weighted by molar-refractivity contribution is 0.300. The molecule has 0 amide bonds. The van der Waals surface area contributed by atoms with Crippen molar-refractivity contribution in [3.63, 3.8) is 0 Å². The second-order valence-corrected chi connectivity index (χ2v) is 6.77. The van der Waals surface area contributed by atoms with E-state index in [9.17, 15) is 4.39 Å². The van der Waals surface area contributed by atoms with E-state index in [1.165, 1.54) is 17.7 Å². The zero-order valence-corrected chi connectivity index (χ0v) is 16.3. The van der Waals surface area contributed by atoms with Crippen molar-refractivity contribution in [1.82, 2.24) is 20.0 Å². The van der Waals surface area contributed by atoms with Crippen LogP contribution in [0.15, 0.2) is 71.6 Å². The Labute approximate surface area is 173 Å². The Kier molecular flexibility index (Phi) is 6.29. The Hall–Kier alpha value is -3.74. The van der Waals surface area contributed by atoms with E-state index in [4.69, 9.17) is 9.15 Å². The minimum Gasteiger partial charge on any atom is -0.487 e. The molecule has 0 atom stereocenters. The van der Waals surface area contributed by atoms with Crippen LogP contribution in [0.5, 0.6) is 5.75 Å². The van der Waals surface area contributed by atoms with Crippen molar-refractivity contribution in [2.45, 2.75) is 26.0 Å². The van der Waals surface area contributed by atoms with Crippen molar-refractivity contribution >= 4 is 12.2 Å². The summed E-state index contributed by atoms with van der Waals surface area (Å²) in [5.74, 6) is 1.00. The van der Waals surface area contributed by atoms with E-state index >= 15 is 0 Å². The maximum atomic E-state index is 12.9. The van der Waals surface area contributed by atoms with Crippen LogP contribution in [-0.2, 0) is 19.6 Å². The predicted octanol–water partition coefficient (Wildman–Crippen LogP) is 4.79. The molecule has 6 nitrogen and oxygen atoms in total. The molecule has 0 aliphatic carbocycles. The summed E-state index contributed by atoms with van der Waals surface area (Å²) in [6, 6.07) is 14.2. The van der Waals surface area contributed by atoms with Gasteiger partial charge < -0.3 is 9.15 Å². The van der Waals surface area contributed by atoms with E-state index in [-0.39, 0.29) is 5.82 Å². The lowest BCUT2D eigenvalue weighted by Crippen LogP contribution is -2.01. The molecular weight excluding hydrogens is 383 g/mol. The third kappa shape index (κ3) is 5.64. The van der Waals surface area contributed by atoms with Gasteiger partial charge in [-0.15, -0.1) is 5.10 Å². The molecule has 0 aliphatic heterocycles. The summed E-state index contributed by atoms with van der Waals surface area (Å²) in [5.41, 5.74) is 2.77. The number of hydrogen-bond acceptors (Lipinski definition) is 5. The molecule has 30 heavy (non-hydrogen) atoms. The van der Waals surface area contributed by atoms with Gasteiger partial charge in [0.25, 0.3) is 0 Å². The molecule has 0 spiro atoms. The number of hydrogen-bond donors (Lipinski definition) is 0. The van der Waals surface area contributed by atoms with Gasteiger partial charge >= 0.3 is 0 Å². The van der Waals surface area contributed by atoms with Gasteiger partial charge in [0.05, 0.1) is 6.20 Å². The lowest BCUT2D eigenvalue weighted by atomic mass is 10.1. The van der Waals surface area contributed by atoms with Gasteiger partial charge in [-0.3, -0.25) is 4.68 Å². The van der Waals surface area contributed by atoms with Gasteiger partial charge in [-0.2, -0.15) is 0 Å². The Morgan fingerprint density at radius 3 is 2.83 bits per heavy atom. The Balaban J connectivity index is 1.28.